The van der Waals surface area contributed by atoms with Gasteiger partial charge in [-0.25, -0.2) is 4.98 Å². The summed E-state index contributed by atoms with van der Waals surface area (Å²) < 4.78 is 1.83. The van der Waals surface area contributed by atoms with Gasteiger partial charge in [-0.2, -0.15) is 0 Å². The van der Waals surface area contributed by atoms with Crippen LogP contribution in [0.15, 0.2) is 30.6 Å². The van der Waals surface area contributed by atoms with Gasteiger partial charge in [0.05, 0.1) is 11.8 Å². The fraction of sp³-hybridized carbons (Fsp3) is 0.556. The summed E-state index contributed by atoms with van der Waals surface area (Å²) in [7, 11) is 0. The van der Waals surface area contributed by atoms with Gasteiger partial charge in [0.2, 0.25) is 0 Å². The van der Waals surface area contributed by atoms with Crippen LogP contribution in [0.3, 0.4) is 0 Å². The average Bonchev–Trinajstić information content (AvgIpc) is 2.92. The highest BCUT2D eigenvalue weighted by Gasteiger charge is 2.39. The fourth-order valence-corrected chi connectivity index (χ4v) is 3.45. The van der Waals surface area contributed by atoms with Crippen molar-refractivity contribution in [2.75, 3.05) is 13.1 Å². The number of fused-ring (bicyclic) bond motifs is 1. The number of pyridine rings is 1. The minimum absolute atomic E-state index is 0.00652. The van der Waals surface area contributed by atoms with E-state index in [-0.39, 0.29) is 11.8 Å². The third-order valence-electron chi connectivity index (χ3n) is 4.89. The van der Waals surface area contributed by atoms with Crippen molar-refractivity contribution < 1.29 is 9.90 Å². The Morgan fingerprint density at radius 1 is 1.48 bits per heavy atom. The van der Waals surface area contributed by atoms with E-state index in [9.17, 15) is 9.90 Å². The first-order chi connectivity index (χ1) is 10.9. The van der Waals surface area contributed by atoms with Crippen molar-refractivity contribution >= 4 is 11.6 Å². The molecule has 1 amide bonds. The van der Waals surface area contributed by atoms with Crippen molar-refractivity contribution in [1.29, 1.82) is 0 Å². The van der Waals surface area contributed by atoms with Crippen LogP contribution in [0.25, 0.3) is 5.65 Å². The molecule has 0 spiro atoms. The van der Waals surface area contributed by atoms with E-state index in [1.807, 2.05) is 40.6 Å². The van der Waals surface area contributed by atoms with Crippen LogP contribution >= 0.6 is 0 Å². The molecule has 2 aromatic rings. The van der Waals surface area contributed by atoms with Crippen LogP contribution in [-0.2, 0) is 0 Å². The standard InChI is InChI=1S/C18H25N3O2/c1-13(2)10-14-12-20(9-7-18(14,3)23)17(22)15-11-19-16-6-4-5-8-21(15)16/h4-6,8,11,13-14,23H,7,9-10,12H2,1-3H3/t14-,18+/m0/s1. The average molecular weight is 315 g/mol. The van der Waals surface area contributed by atoms with E-state index in [2.05, 4.69) is 18.8 Å². The van der Waals surface area contributed by atoms with E-state index in [0.29, 0.717) is 31.1 Å². The molecule has 1 aliphatic heterocycles. The fourth-order valence-electron chi connectivity index (χ4n) is 3.45. The summed E-state index contributed by atoms with van der Waals surface area (Å²) in [5, 5.41) is 10.6. The molecule has 2 atom stereocenters. The molecular formula is C18H25N3O2. The third-order valence-corrected chi connectivity index (χ3v) is 4.89. The monoisotopic (exact) mass is 315 g/mol. The Bertz CT molecular complexity index is 705. The number of rotatable bonds is 3. The van der Waals surface area contributed by atoms with Crippen LogP contribution in [0.4, 0.5) is 0 Å². The maximum absolute atomic E-state index is 12.9. The predicted molar refractivity (Wildman–Crippen MR) is 89.3 cm³/mol. The largest absolute Gasteiger partial charge is 0.390 e. The number of likely N-dealkylation sites (tertiary alicyclic amines) is 1. The second-order valence-corrected chi connectivity index (χ2v) is 7.26. The molecule has 1 aliphatic rings. The van der Waals surface area contributed by atoms with Crippen molar-refractivity contribution in [2.24, 2.45) is 11.8 Å². The van der Waals surface area contributed by atoms with Gasteiger partial charge in [-0.3, -0.25) is 9.20 Å². The van der Waals surface area contributed by atoms with Gasteiger partial charge in [-0.1, -0.05) is 19.9 Å². The molecule has 23 heavy (non-hydrogen) atoms. The van der Waals surface area contributed by atoms with Crippen molar-refractivity contribution in [1.82, 2.24) is 14.3 Å². The van der Waals surface area contributed by atoms with E-state index in [4.69, 9.17) is 0 Å². The Morgan fingerprint density at radius 2 is 2.26 bits per heavy atom. The number of aromatic nitrogens is 2. The molecule has 124 valence electrons. The first-order valence-corrected chi connectivity index (χ1v) is 8.32. The molecule has 1 saturated heterocycles. The highest BCUT2D eigenvalue weighted by molar-refractivity contribution is 5.93. The van der Waals surface area contributed by atoms with Gasteiger partial charge in [0, 0.05) is 25.2 Å². The number of amides is 1. The molecule has 0 aliphatic carbocycles. The molecule has 0 bridgehead atoms. The number of carbonyl (C=O) groups is 1. The molecule has 2 aromatic heterocycles. The highest BCUT2D eigenvalue weighted by Crippen LogP contribution is 2.32. The van der Waals surface area contributed by atoms with Gasteiger partial charge in [-0.15, -0.1) is 0 Å². The Morgan fingerprint density at radius 3 is 3.00 bits per heavy atom. The topological polar surface area (TPSA) is 57.8 Å². The van der Waals surface area contributed by atoms with Crippen molar-refractivity contribution in [3.05, 3.63) is 36.3 Å². The summed E-state index contributed by atoms with van der Waals surface area (Å²) >= 11 is 0. The molecule has 0 radical (unpaired) electrons. The molecule has 5 heteroatoms. The van der Waals surface area contributed by atoms with E-state index in [1.165, 1.54) is 0 Å². The zero-order valence-corrected chi connectivity index (χ0v) is 14.1. The van der Waals surface area contributed by atoms with Crippen LogP contribution < -0.4 is 0 Å². The SMILES string of the molecule is CC(C)C[C@H]1CN(C(=O)c2cnc3ccccn23)CC[C@@]1(C)O. The number of hydrogen-bond acceptors (Lipinski definition) is 3. The maximum atomic E-state index is 12.9. The second kappa shape index (κ2) is 5.96. The van der Waals surface area contributed by atoms with Crippen molar-refractivity contribution in [2.45, 2.75) is 39.2 Å². The van der Waals surface area contributed by atoms with E-state index < -0.39 is 5.60 Å². The number of aliphatic hydroxyl groups is 1. The maximum Gasteiger partial charge on any atom is 0.272 e. The van der Waals surface area contributed by atoms with Gasteiger partial charge in [0.15, 0.2) is 0 Å². The molecule has 0 saturated carbocycles. The Hall–Kier alpha value is -1.88. The van der Waals surface area contributed by atoms with Gasteiger partial charge < -0.3 is 10.0 Å². The number of piperidine rings is 1. The lowest BCUT2D eigenvalue weighted by molar-refractivity contribution is -0.0578. The summed E-state index contributed by atoms with van der Waals surface area (Å²) in [4.78, 5) is 19.1. The predicted octanol–water partition coefficient (Wildman–Crippen LogP) is 2.59. The molecule has 0 unspecified atom stereocenters. The molecule has 3 rings (SSSR count). The van der Waals surface area contributed by atoms with Crippen LogP contribution in [0.2, 0.25) is 0 Å². The zero-order valence-electron chi connectivity index (χ0n) is 14.1. The van der Waals surface area contributed by atoms with E-state index >= 15 is 0 Å². The van der Waals surface area contributed by atoms with Crippen LogP contribution in [0.5, 0.6) is 0 Å². The number of imidazole rings is 1. The smallest absolute Gasteiger partial charge is 0.272 e. The molecule has 0 aromatic carbocycles. The highest BCUT2D eigenvalue weighted by atomic mass is 16.3. The minimum atomic E-state index is -0.694. The summed E-state index contributed by atoms with van der Waals surface area (Å²) in [6.07, 6.45) is 5.04. The van der Waals surface area contributed by atoms with Gasteiger partial charge in [0.1, 0.15) is 11.3 Å². The minimum Gasteiger partial charge on any atom is -0.390 e. The van der Waals surface area contributed by atoms with Crippen molar-refractivity contribution in [3.8, 4) is 0 Å². The molecule has 5 nitrogen and oxygen atoms in total. The van der Waals surface area contributed by atoms with Crippen LogP contribution in [-0.4, -0.2) is 44.0 Å². The van der Waals surface area contributed by atoms with Crippen LogP contribution in [0.1, 0.15) is 44.1 Å². The normalized spacial score (nSPS) is 25.3. The molecule has 1 fully saturated rings. The number of hydrogen-bond donors (Lipinski definition) is 1. The van der Waals surface area contributed by atoms with Gasteiger partial charge in [-0.05, 0) is 37.8 Å². The number of carbonyl (C=O) groups excluding carboxylic acids is 1. The molecule has 1 N–H and O–H groups in total. The lowest BCUT2D eigenvalue weighted by Crippen LogP contribution is -2.52. The Kier molecular flexibility index (Phi) is 4.15. The van der Waals surface area contributed by atoms with Gasteiger partial charge >= 0.3 is 0 Å². The Balaban J connectivity index is 1.82. The van der Waals surface area contributed by atoms with Gasteiger partial charge in [0.25, 0.3) is 5.91 Å². The lowest BCUT2D eigenvalue weighted by Gasteiger charge is -2.43. The molecular weight excluding hydrogens is 290 g/mol. The zero-order chi connectivity index (χ0) is 16.6. The van der Waals surface area contributed by atoms with E-state index in [0.717, 1.165) is 12.1 Å². The summed E-state index contributed by atoms with van der Waals surface area (Å²) in [5.74, 6) is 0.602. The van der Waals surface area contributed by atoms with Crippen molar-refractivity contribution in [3.63, 3.8) is 0 Å². The quantitative estimate of drug-likeness (QED) is 0.947. The Labute approximate surface area is 136 Å². The lowest BCUT2D eigenvalue weighted by atomic mass is 9.78. The second-order valence-electron chi connectivity index (χ2n) is 7.26. The van der Waals surface area contributed by atoms with Crippen LogP contribution in [0, 0.1) is 11.8 Å². The molecule has 3 heterocycles. The summed E-state index contributed by atoms with van der Waals surface area (Å²) in [6.45, 7) is 7.39. The van der Waals surface area contributed by atoms with E-state index in [1.54, 1.807) is 6.20 Å². The third kappa shape index (κ3) is 3.11. The summed E-state index contributed by atoms with van der Waals surface area (Å²) in [6, 6.07) is 5.70. The first kappa shape index (κ1) is 16.0. The number of nitrogens with zero attached hydrogens (tertiary/aromatic N) is 3. The first-order valence-electron chi connectivity index (χ1n) is 8.32. The summed E-state index contributed by atoms with van der Waals surface area (Å²) in [5.41, 5.74) is 0.671.